The molecule has 3 rings (SSSR count). The maximum Gasteiger partial charge on any atom is 0.311 e. The molecule has 25 heavy (non-hydrogen) atoms. The summed E-state index contributed by atoms with van der Waals surface area (Å²) in [7, 11) is 0. The van der Waals surface area contributed by atoms with Crippen molar-refractivity contribution in [3.8, 4) is 0 Å². The number of ether oxygens (including phenoxy) is 1. The van der Waals surface area contributed by atoms with Crippen LogP contribution in [-0.2, 0) is 14.3 Å². The molecule has 2 aliphatic heterocycles. The van der Waals surface area contributed by atoms with Crippen LogP contribution in [0.3, 0.4) is 0 Å². The van der Waals surface area contributed by atoms with E-state index in [0.29, 0.717) is 26.3 Å². The van der Waals surface area contributed by atoms with Crippen LogP contribution >= 0.6 is 11.3 Å². The van der Waals surface area contributed by atoms with E-state index in [-0.39, 0.29) is 12.1 Å². The summed E-state index contributed by atoms with van der Waals surface area (Å²) in [4.78, 5) is 30.1. The molecule has 0 unspecified atom stereocenters. The molecule has 1 aromatic rings. The summed E-state index contributed by atoms with van der Waals surface area (Å²) in [5.41, 5.74) is 0. The van der Waals surface area contributed by atoms with Crippen LogP contribution in [0.4, 0.5) is 0 Å². The molecular weight excluding hydrogens is 338 g/mol. The number of thiophene rings is 1. The van der Waals surface area contributed by atoms with Crippen LogP contribution < -0.4 is 5.32 Å². The standard InChI is InChI=1S/C18H27N3O3S/c1-14(19-17(22)18(23)21-7-3-2-4-8-21)16(15-6-5-13-25-15)20-9-11-24-12-10-20/h5-6,13-14,16H,2-4,7-12H2,1H3,(H,19,22)/t14-,16+/m0/s1. The van der Waals surface area contributed by atoms with Crippen molar-refractivity contribution in [1.29, 1.82) is 0 Å². The molecule has 2 fully saturated rings. The van der Waals surface area contributed by atoms with Gasteiger partial charge >= 0.3 is 11.8 Å². The third kappa shape index (κ3) is 4.59. The van der Waals surface area contributed by atoms with Crippen LogP contribution in [0.2, 0.25) is 0 Å². The first-order valence-electron chi connectivity index (χ1n) is 9.12. The zero-order valence-corrected chi connectivity index (χ0v) is 15.6. The smallest absolute Gasteiger partial charge is 0.311 e. The summed E-state index contributed by atoms with van der Waals surface area (Å²) < 4.78 is 5.46. The molecule has 0 saturated carbocycles. The Bertz CT molecular complexity index is 566. The number of hydrogen-bond donors (Lipinski definition) is 1. The first kappa shape index (κ1) is 18.4. The molecule has 2 amide bonds. The number of hydrogen-bond acceptors (Lipinski definition) is 5. The molecule has 0 spiro atoms. The Balaban J connectivity index is 1.66. The van der Waals surface area contributed by atoms with Crippen LogP contribution in [-0.4, -0.2) is 67.0 Å². The summed E-state index contributed by atoms with van der Waals surface area (Å²) in [5.74, 6) is -0.873. The van der Waals surface area contributed by atoms with Crippen molar-refractivity contribution in [2.24, 2.45) is 0 Å². The maximum atomic E-state index is 12.5. The molecule has 1 aromatic heterocycles. The number of likely N-dealkylation sites (tertiary alicyclic amines) is 1. The molecule has 6 nitrogen and oxygen atoms in total. The first-order chi connectivity index (χ1) is 12.2. The molecule has 2 aliphatic rings. The molecular formula is C18H27N3O3S. The average Bonchev–Trinajstić information content (AvgIpc) is 3.17. The number of amides is 2. The van der Waals surface area contributed by atoms with Gasteiger partial charge in [-0.25, -0.2) is 0 Å². The van der Waals surface area contributed by atoms with E-state index in [9.17, 15) is 9.59 Å². The molecule has 0 radical (unpaired) electrons. The minimum atomic E-state index is -0.482. The second-order valence-electron chi connectivity index (χ2n) is 6.72. The Labute approximate surface area is 153 Å². The van der Waals surface area contributed by atoms with Gasteiger partial charge in [0, 0.05) is 37.1 Å². The third-order valence-corrected chi connectivity index (χ3v) is 5.89. The van der Waals surface area contributed by atoms with Gasteiger partial charge in [-0.1, -0.05) is 6.07 Å². The van der Waals surface area contributed by atoms with Crippen LogP contribution in [0, 0.1) is 0 Å². The quantitative estimate of drug-likeness (QED) is 0.824. The van der Waals surface area contributed by atoms with Gasteiger partial charge in [0.1, 0.15) is 0 Å². The van der Waals surface area contributed by atoms with Gasteiger partial charge in [-0.05, 0) is 37.6 Å². The highest BCUT2D eigenvalue weighted by atomic mass is 32.1. The van der Waals surface area contributed by atoms with Crippen molar-refractivity contribution in [2.75, 3.05) is 39.4 Å². The summed E-state index contributed by atoms with van der Waals surface area (Å²) in [6.45, 7) is 6.45. The van der Waals surface area contributed by atoms with Gasteiger partial charge in [-0.15, -0.1) is 11.3 Å². The van der Waals surface area contributed by atoms with Crippen molar-refractivity contribution in [1.82, 2.24) is 15.1 Å². The normalized spacial score (nSPS) is 21.6. The largest absolute Gasteiger partial charge is 0.379 e. The lowest BCUT2D eigenvalue weighted by molar-refractivity contribution is -0.147. The molecule has 2 saturated heterocycles. The fraction of sp³-hybridized carbons (Fsp3) is 0.667. The van der Waals surface area contributed by atoms with E-state index in [1.54, 1.807) is 16.2 Å². The first-order valence-corrected chi connectivity index (χ1v) is 10.00. The van der Waals surface area contributed by atoms with E-state index in [0.717, 1.165) is 32.4 Å². The number of nitrogens with one attached hydrogen (secondary N) is 1. The van der Waals surface area contributed by atoms with Gasteiger partial charge in [0.05, 0.1) is 19.3 Å². The van der Waals surface area contributed by atoms with Crippen LogP contribution in [0.1, 0.15) is 37.1 Å². The van der Waals surface area contributed by atoms with Gasteiger partial charge in [0.25, 0.3) is 0 Å². The number of morpholine rings is 1. The van der Waals surface area contributed by atoms with E-state index >= 15 is 0 Å². The molecule has 0 aromatic carbocycles. The van der Waals surface area contributed by atoms with E-state index in [1.807, 2.05) is 13.0 Å². The minimum Gasteiger partial charge on any atom is -0.379 e. The summed E-state index contributed by atoms with van der Waals surface area (Å²) in [6.07, 6.45) is 3.11. The van der Waals surface area contributed by atoms with Gasteiger partial charge in [-0.2, -0.15) is 0 Å². The van der Waals surface area contributed by atoms with Crippen molar-refractivity contribution >= 4 is 23.2 Å². The van der Waals surface area contributed by atoms with Crippen LogP contribution in [0.5, 0.6) is 0 Å². The van der Waals surface area contributed by atoms with Gasteiger partial charge in [0.15, 0.2) is 0 Å². The topological polar surface area (TPSA) is 61.9 Å². The van der Waals surface area contributed by atoms with Gasteiger partial charge in [0.2, 0.25) is 0 Å². The van der Waals surface area contributed by atoms with Crippen molar-refractivity contribution in [3.63, 3.8) is 0 Å². The lowest BCUT2D eigenvalue weighted by Crippen LogP contribution is -2.52. The van der Waals surface area contributed by atoms with Crippen molar-refractivity contribution in [3.05, 3.63) is 22.4 Å². The van der Waals surface area contributed by atoms with Gasteiger partial charge in [-0.3, -0.25) is 14.5 Å². The Morgan fingerprint density at radius 3 is 2.52 bits per heavy atom. The van der Waals surface area contributed by atoms with Crippen LogP contribution in [0.25, 0.3) is 0 Å². The Morgan fingerprint density at radius 2 is 1.88 bits per heavy atom. The molecule has 0 bridgehead atoms. The van der Waals surface area contributed by atoms with E-state index in [1.165, 1.54) is 4.88 Å². The lowest BCUT2D eigenvalue weighted by atomic mass is 10.1. The van der Waals surface area contributed by atoms with Crippen molar-refractivity contribution in [2.45, 2.75) is 38.3 Å². The molecule has 3 heterocycles. The highest BCUT2D eigenvalue weighted by Crippen LogP contribution is 2.29. The Hall–Kier alpha value is -1.44. The summed E-state index contributed by atoms with van der Waals surface area (Å²) in [5, 5.41) is 5.01. The maximum absolute atomic E-state index is 12.5. The molecule has 1 N–H and O–H groups in total. The number of carbonyl (C=O) groups excluding carboxylic acids is 2. The number of rotatable bonds is 4. The average molecular weight is 365 g/mol. The monoisotopic (exact) mass is 365 g/mol. The zero-order chi connectivity index (χ0) is 17.6. The molecule has 138 valence electrons. The third-order valence-electron chi connectivity index (χ3n) is 4.94. The zero-order valence-electron chi connectivity index (χ0n) is 14.8. The minimum absolute atomic E-state index is 0.0713. The fourth-order valence-corrected chi connectivity index (χ4v) is 4.61. The number of piperidine rings is 1. The van der Waals surface area contributed by atoms with E-state index in [2.05, 4.69) is 21.7 Å². The number of carbonyl (C=O) groups is 2. The second-order valence-corrected chi connectivity index (χ2v) is 7.70. The van der Waals surface area contributed by atoms with Gasteiger partial charge < -0.3 is 15.0 Å². The Morgan fingerprint density at radius 1 is 1.16 bits per heavy atom. The lowest BCUT2D eigenvalue weighted by Gasteiger charge is -2.37. The van der Waals surface area contributed by atoms with E-state index in [4.69, 9.17) is 4.74 Å². The van der Waals surface area contributed by atoms with E-state index < -0.39 is 11.8 Å². The highest BCUT2D eigenvalue weighted by molar-refractivity contribution is 7.10. The summed E-state index contributed by atoms with van der Waals surface area (Å²) in [6, 6.07) is 4.06. The summed E-state index contributed by atoms with van der Waals surface area (Å²) >= 11 is 1.69. The SMILES string of the molecule is C[C@H](NC(=O)C(=O)N1CCCCC1)[C@H](c1cccs1)N1CCOCC1. The fourth-order valence-electron chi connectivity index (χ4n) is 3.65. The van der Waals surface area contributed by atoms with Crippen LogP contribution in [0.15, 0.2) is 17.5 Å². The molecule has 0 aliphatic carbocycles. The molecule has 2 atom stereocenters. The predicted octanol–water partition coefficient (Wildman–Crippen LogP) is 1.64. The van der Waals surface area contributed by atoms with Crippen molar-refractivity contribution < 1.29 is 14.3 Å². The predicted molar refractivity (Wildman–Crippen MR) is 97.5 cm³/mol. The number of nitrogens with zero attached hydrogens (tertiary/aromatic N) is 2. The second kappa shape index (κ2) is 8.78. The highest BCUT2D eigenvalue weighted by Gasteiger charge is 2.32. The Kier molecular flexibility index (Phi) is 6.45. The molecule has 7 heteroatoms.